The summed E-state index contributed by atoms with van der Waals surface area (Å²) in [5.41, 5.74) is 6.90. The summed E-state index contributed by atoms with van der Waals surface area (Å²) in [6.45, 7) is 9.74. The van der Waals surface area contributed by atoms with Crippen LogP contribution in [0.2, 0.25) is 0 Å². The smallest absolute Gasteiger partial charge is 0.0210 e. The highest BCUT2D eigenvalue weighted by Crippen LogP contribution is 2.16. The number of halogens is 1. The molecule has 0 heterocycles. The van der Waals surface area contributed by atoms with Crippen LogP contribution in [0.3, 0.4) is 0 Å². The molecular weight excluding hydrogens is 322 g/mol. The van der Waals surface area contributed by atoms with Gasteiger partial charge in [0, 0.05) is 17.1 Å². The number of rotatable bonds is 5. The molecule has 2 rings (SSSR count). The Morgan fingerprint density at radius 3 is 2.24 bits per heavy atom. The topological polar surface area (TPSA) is 12.0 Å². The summed E-state index contributed by atoms with van der Waals surface area (Å²) in [5.74, 6) is 0. The largest absolute Gasteiger partial charge is 0.310 e. The molecule has 0 aromatic heterocycles. The number of hydrogen-bond donors (Lipinski definition) is 1. The Hall–Kier alpha value is -1.12. The molecule has 0 saturated carbocycles. The minimum Gasteiger partial charge on any atom is -0.310 e. The number of nitrogens with one attached hydrogen (secondary N) is 1. The Kier molecular flexibility index (Phi) is 5.60. The highest BCUT2D eigenvalue weighted by Gasteiger charge is 2.06. The van der Waals surface area contributed by atoms with Crippen molar-refractivity contribution in [2.24, 2.45) is 0 Å². The van der Waals surface area contributed by atoms with E-state index in [1.54, 1.807) is 0 Å². The lowest BCUT2D eigenvalue weighted by Crippen LogP contribution is -2.27. The second kappa shape index (κ2) is 7.24. The van der Waals surface area contributed by atoms with Gasteiger partial charge in [-0.1, -0.05) is 40.2 Å². The molecule has 0 aliphatic carbocycles. The first-order valence-corrected chi connectivity index (χ1v) is 8.29. The molecule has 2 aromatic carbocycles. The Morgan fingerprint density at radius 2 is 1.57 bits per heavy atom. The van der Waals surface area contributed by atoms with E-state index in [0.29, 0.717) is 6.04 Å². The van der Waals surface area contributed by atoms with Crippen LogP contribution in [0.5, 0.6) is 0 Å². The summed E-state index contributed by atoms with van der Waals surface area (Å²) in [6.07, 6.45) is 1.05. The minimum atomic E-state index is 0.465. The van der Waals surface area contributed by atoms with Gasteiger partial charge in [-0.2, -0.15) is 0 Å². The number of benzene rings is 2. The van der Waals surface area contributed by atoms with Crippen molar-refractivity contribution in [3.8, 4) is 0 Å². The standard InChI is InChI=1S/C19H24BrN/c1-13-9-15(3)18(10-14(13)2)12-21-16(4)11-17-5-7-19(20)8-6-17/h5-10,16,21H,11-12H2,1-4H3. The van der Waals surface area contributed by atoms with Crippen molar-refractivity contribution in [2.75, 3.05) is 0 Å². The third-order valence-corrected chi connectivity index (χ3v) is 4.58. The van der Waals surface area contributed by atoms with Crippen molar-refractivity contribution >= 4 is 15.9 Å². The maximum absolute atomic E-state index is 3.64. The van der Waals surface area contributed by atoms with E-state index >= 15 is 0 Å². The van der Waals surface area contributed by atoms with Gasteiger partial charge < -0.3 is 5.32 Å². The molecule has 21 heavy (non-hydrogen) atoms. The predicted molar refractivity (Wildman–Crippen MR) is 94.8 cm³/mol. The molecule has 0 aliphatic rings. The highest BCUT2D eigenvalue weighted by atomic mass is 79.9. The van der Waals surface area contributed by atoms with Crippen LogP contribution >= 0.6 is 15.9 Å². The zero-order valence-corrected chi connectivity index (χ0v) is 14.9. The van der Waals surface area contributed by atoms with Crippen molar-refractivity contribution in [1.82, 2.24) is 5.32 Å². The van der Waals surface area contributed by atoms with Crippen molar-refractivity contribution in [1.29, 1.82) is 0 Å². The first kappa shape index (κ1) is 16.3. The van der Waals surface area contributed by atoms with Gasteiger partial charge in [0.2, 0.25) is 0 Å². The molecule has 0 radical (unpaired) electrons. The third kappa shape index (κ3) is 4.69. The average Bonchev–Trinajstić information content (AvgIpc) is 2.44. The third-order valence-electron chi connectivity index (χ3n) is 4.05. The molecule has 0 saturated heterocycles. The van der Waals surface area contributed by atoms with Gasteiger partial charge in [0.1, 0.15) is 0 Å². The van der Waals surface area contributed by atoms with Crippen LogP contribution in [0.25, 0.3) is 0 Å². The van der Waals surface area contributed by atoms with Gasteiger partial charge in [-0.25, -0.2) is 0 Å². The van der Waals surface area contributed by atoms with Gasteiger partial charge in [-0.15, -0.1) is 0 Å². The predicted octanol–water partition coefficient (Wildman–Crippen LogP) is 5.10. The van der Waals surface area contributed by atoms with Crippen LogP contribution in [0, 0.1) is 20.8 Å². The summed E-state index contributed by atoms with van der Waals surface area (Å²) >= 11 is 3.48. The average molecular weight is 346 g/mol. The van der Waals surface area contributed by atoms with Crippen LogP contribution in [0.1, 0.15) is 34.7 Å². The fourth-order valence-electron chi connectivity index (χ4n) is 2.54. The van der Waals surface area contributed by atoms with Gasteiger partial charge in [0.25, 0.3) is 0 Å². The lowest BCUT2D eigenvalue weighted by molar-refractivity contribution is 0.544. The van der Waals surface area contributed by atoms with E-state index in [-0.39, 0.29) is 0 Å². The summed E-state index contributed by atoms with van der Waals surface area (Å²) in [7, 11) is 0. The van der Waals surface area contributed by atoms with Crippen LogP contribution < -0.4 is 5.32 Å². The minimum absolute atomic E-state index is 0.465. The first-order valence-electron chi connectivity index (χ1n) is 7.50. The maximum Gasteiger partial charge on any atom is 0.0210 e. The van der Waals surface area contributed by atoms with Gasteiger partial charge in [-0.05, 0) is 74.1 Å². The van der Waals surface area contributed by atoms with E-state index in [1.807, 2.05) is 0 Å². The van der Waals surface area contributed by atoms with E-state index in [1.165, 1.54) is 27.8 Å². The monoisotopic (exact) mass is 345 g/mol. The van der Waals surface area contributed by atoms with Gasteiger partial charge in [0.15, 0.2) is 0 Å². The molecule has 0 aliphatic heterocycles. The molecule has 1 unspecified atom stereocenters. The Bertz CT molecular complexity index is 602. The molecule has 2 heteroatoms. The second-order valence-corrected chi connectivity index (χ2v) is 6.89. The van der Waals surface area contributed by atoms with E-state index < -0.39 is 0 Å². The van der Waals surface area contributed by atoms with Gasteiger partial charge in [-0.3, -0.25) is 0 Å². The normalized spacial score (nSPS) is 12.4. The summed E-state index contributed by atoms with van der Waals surface area (Å²) < 4.78 is 1.14. The van der Waals surface area contributed by atoms with Gasteiger partial charge >= 0.3 is 0 Å². The van der Waals surface area contributed by atoms with Crippen molar-refractivity contribution in [2.45, 2.75) is 46.7 Å². The van der Waals surface area contributed by atoms with Crippen LogP contribution in [-0.2, 0) is 13.0 Å². The molecule has 1 atom stereocenters. The summed E-state index contributed by atoms with van der Waals surface area (Å²) in [6, 6.07) is 13.6. The Morgan fingerprint density at radius 1 is 0.952 bits per heavy atom. The van der Waals surface area contributed by atoms with E-state index in [2.05, 4.69) is 85.3 Å². The molecule has 0 fully saturated rings. The summed E-state index contributed by atoms with van der Waals surface area (Å²) in [4.78, 5) is 0. The van der Waals surface area contributed by atoms with Crippen molar-refractivity contribution in [3.05, 3.63) is 68.7 Å². The lowest BCUT2D eigenvalue weighted by atomic mass is 10.0. The SMILES string of the molecule is Cc1cc(C)c(CNC(C)Cc2ccc(Br)cc2)cc1C. The molecule has 1 nitrogen and oxygen atoms in total. The Balaban J connectivity index is 1.93. The first-order chi connectivity index (χ1) is 9.95. The Labute approximate surface area is 136 Å². The maximum atomic E-state index is 3.64. The quantitative estimate of drug-likeness (QED) is 0.795. The second-order valence-electron chi connectivity index (χ2n) is 5.98. The molecule has 0 spiro atoms. The summed E-state index contributed by atoms with van der Waals surface area (Å²) in [5, 5.41) is 3.64. The fourth-order valence-corrected chi connectivity index (χ4v) is 2.81. The van der Waals surface area contributed by atoms with E-state index in [0.717, 1.165) is 17.4 Å². The molecule has 0 amide bonds. The molecule has 2 aromatic rings. The molecule has 1 N–H and O–H groups in total. The van der Waals surface area contributed by atoms with Gasteiger partial charge in [0.05, 0.1) is 0 Å². The lowest BCUT2D eigenvalue weighted by Gasteiger charge is -2.16. The number of hydrogen-bond acceptors (Lipinski definition) is 1. The number of aryl methyl sites for hydroxylation is 3. The molecule has 0 bridgehead atoms. The van der Waals surface area contributed by atoms with Crippen molar-refractivity contribution in [3.63, 3.8) is 0 Å². The fraction of sp³-hybridized carbons (Fsp3) is 0.368. The van der Waals surface area contributed by atoms with Crippen LogP contribution in [0.4, 0.5) is 0 Å². The van der Waals surface area contributed by atoms with E-state index in [4.69, 9.17) is 0 Å². The zero-order valence-electron chi connectivity index (χ0n) is 13.3. The molecular formula is C19H24BrN. The van der Waals surface area contributed by atoms with Crippen LogP contribution in [0.15, 0.2) is 40.9 Å². The van der Waals surface area contributed by atoms with Crippen molar-refractivity contribution < 1.29 is 0 Å². The highest BCUT2D eigenvalue weighted by molar-refractivity contribution is 9.10. The van der Waals surface area contributed by atoms with Crippen LogP contribution in [-0.4, -0.2) is 6.04 Å². The zero-order chi connectivity index (χ0) is 15.4. The molecule has 112 valence electrons. The van der Waals surface area contributed by atoms with E-state index in [9.17, 15) is 0 Å².